The molecule has 2 aromatic carbocycles. The minimum Gasteiger partial charge on any atom is -0.274 e. The van der Waals surface area contributed by atoms with Crippen LogP contribution < -0.4 is 4.90 Å². The Morgan fingerprint density at radius 2 is 1.60 bits per heavy atom. The highest BCUT2D eigenvalue weighted by Gasteiger charge is 2.50. The van der Waals surface area contributed by atoms with Gasteiger partial charge in [-0.1, -0.05) is 49.0 Å². The highest BCUT2D eigenvalue weighted by Crippen LogP contribution is 2.40. The molecule has 0 aromatic heterocycles. The number of rotatable bonds is 3. The maximum absolute atomic E-state index is 12.8. The molecule has 1 saturated heterocycles. The lowest BCUT2D eigenvalue weighted by Crippen LogP contribution is -2.31. The molecule has 0 radical (unpaired) electrons. The first-order chi connectivity index (χ1) is 12.1. The molecule has 3 unspecified atom stereocenters. The second-order valence-electron chi connectivity index (χ2n) is 6.58. The van der Waals surface area contributed by atoms with Gasteiger partial charge >= 0.3 is 0 Å². The number of anilines is 1. The van der Waals surface area contributed by atoms with Crippen LogP contribution in [0.25, 0.3) is 0 Å². The standard InChI is InChI=1S/C21H19NO2S/c1-14-6-5-9-18-19(14)21(24)22(20(18)23)15-10-12-17(13-11-15)25-16-7-3-2-4-8-16/h2-8,10-14,18-19H,9H2,1H3. The number of carbonyl (C=O) groups excluding carboxylic acids is 2. The van der Waals surface area contributed by atoms with Crippen molar-refractivity contribution in [1.82, 2.24) is 0 Å². The molecule has 126 valence electrons. The molecule has 0 N–H and O–H groups in total. The molecule has 0 saturated carbocycles. The summed E-state index contributed by atoms with van der Waals surface area (Å²) in [5, 5.41) is 0. The van der Waals surface area contributed by atoms with E-state index in [-0.39, 0.29) is 29.6 Å². The predicted octanol–water partition coefficient (Wildman–Crippen LogP) is 4.54. The van der Waals surface area contributed by atoms with E-state index in [0.717, 1.165) is 9.79 Å². The maximum atomic E-state index is 12.8. The van der Waals surface area contributed by atoms with Crippen LogP contribution in [-0.2, 0) is 9.59 Å². The number of fused-ring (bicyclic) bond motifs is 1. The van der Waals surface area contributed by atoms with E-state index in [2.05, 4.69) is 18.2 Å². The molecule has 2 aliphatic rings. The Balaban J connectivity index is 1.56. The van der Waals surface area contributed by atoms with E-state index < -0.39 is 0 Å². The Morgan fingerprint density at radius 3 is 2.28 bits per heavy atom. The van der Waals surface area contributed by atoms with E-state index in [1.807, 2.05) is 55.5 Å². The normalized spacial score (nSPS) is 25.3. The second-order valence-corrected chi connectivity index (χ2v) is 7.72. The molecule has 0 spiro atoms. The van der Waals surface area contributed by atoms with Crippen LogP contribution in [0.2, 0.25) is 0 Å². The van der Waals surface area contributed by atoms with Crippen LogP contribution in [0.15, 0.2) is 76.5 Å². The predicted molar refractivity (Wildman–Crippen MR) is 99.4 cm³/mol. The number of amides is 2. The van der Waals surface area contributed by atoms with E-state index >= 15 is 0 Å². The maximum Gasteiger partial charge on any atom is 0.238 e. The summed E-state index contributed by atoms with van der Waals surface area (Å²) in [4.78, 5) is 29.2. The van der Waals surface area contributed by atoms with Crippen LogP contribution in [0.4, 0.5) is 5.69 Å². The van der Waals surface area contributed by atoms with Gasteiger partial charge in [0.1, 0.15) is 0 Å². The van der Waals surface area contributed by atoms with Gasteiger partial charge in [-0.05, 0) is 48.7 Å². The van der Waals surface area contributed by atoms with Crippen LogP contribution in [0, 0.1) is 17.8 Å². The number of imide groups is 1. The van der Waals surface area contributed by atoms with Gasteiger partial charge in [-0.15, -0.1) is 0 Å². The van der Waals surface area contributed by atoms with Gasteiger partial charge < -0.3 is 0 Å². The first-order valence-electron chi connectivity index (χ1n) is 8.52. The van der Waals surface area contributed by atoms with Crippen molar-refractivity contribution < 1.29 is 9.59 Å². The van der Waals surface area contributed by atoms with E-state index in [4.69, 9.17) is 0 Å². The fourth-order valence-electron chi connectivity index (χ4n) is 3.69. The topological polar surface area (TPSA) is 37.4 Å². The molecular weight excluding hydrogens is 330 g/mol. The average molecular weight is 349 g/mol. The van der Waals surface area contributed by atoms with Crippen LogP contribution in [-0.4, -0.2) is 11.8 Å². The van der Waals surface area contributed by atoms with Crippen molar-refractivity contribution in [3.8, 4) is 0 Å². The third-order valence-electron chi connectivity index (χ3n) is 4.95. The molecular formula is C21H19NO2S. The Bertz CT molecular complexity index is 829. The van der Waals surface area contributed by atoms with Gasteiger partial charge in [0.25, 0.3) is 0 Å². The van der Waals surface area contributed by atoms with Crippen LogP contribution in [0.5, 0.6) is 0 Å². The van der Waals surface area contributed by atoms with Crippen LogP contribution in [0.3, 0.4) is 0 Å². The minimum absolute atomic E-state index is 0.0599. The highest BCUT2D eigenvalue weighted by atomic mass is 32.2. The van der Waals surface area contributed by atoms with Crippen molar-refractivity contribution in [2.75, 3.05) is 4.90 Å². The monoisotopic (exact) mass is 349 g/mol. The fraction of sp³-hybridized carbons (Fsp3) is 0.238. The lowest BCUT2D eigenvalue weighted by molar-refractivity contribution is -0.122. The van der Waals surface area contributed by atoms with Gasteiger partial charge in [0.05, 0.1) is 17.5 Å². The summed E-state index contributed by atoms with van der Waals surface area (Å²) in [6.45, 7) is 2.02. The first-order valence-corrected chi connectivity index (χ1v) is 9.34. The molecule has 2 aromatic rings. The zero-order valence-corrected chi connectivity index (χ0v) is 14.8. The number of benzene rings is 2. The van der Waals surface area contributed by atoms with E-state index in [1.54, 1.807) is 11.8 Å². The van der Waals surface area contributed by atoms with Gasteiger partial charge in [0.15, 0.2) is 0 Å². The molecule has 3 nitrogen and oxygen atoms in total. The number of hydrogen-bond donors (Lipinski definition) is 0. The summed E-state index contributed by atoms with van der Waals surface area (Å²) in [5.41, 5.74) is 0.675. The summed E-state index contributed by atoms with van der Waals surface area (Å²) < 4.78 is 0. The fourth-order valence-corrected chi connectivity index (χ4v) is 4.53. The van der Waals surface area contributed by atoms with Crippen LogP contribution in [0.1, 0.15) is 13.3 Å². The van der Waals surface area contributed by atoms with Gasteiger partial charge in [-0.3, -0.25) is 14.5 Å². The summed E-state index contributed by atoms with van der Waals surface area (Å²) >= 11 is 1.66. The van der Waals surface area contributed by atoms with Gasteiger partial charge in [-0.2, -0.15) is 0 Å². The van der Waals surface area contributed by atoms with E-state index in [1.165, 1.54) is 4.90 Å². The lowest BCUT2D eigenvalue weighted by Gasteiger charge is -2.22. The van der Waals surface area contributed by atoms with Crippen LogP contribution >= 0.6 is 11.8 Å². The molecule has 25 heavy (non-hydrogen) atoms. The lowest BCUT2D eigenvalue weighted by atomic mass is 9.78. The molecule has 0 bridgehead atoms. The minimum atomic E-state index is -0.212. The molecule has 1 fully saturated rings. The molecule has 1 aliphatic heterocycles. The van der Waals surface area contributed by atoms with Gasteiger partial charge in [0.2, 0.25) is 11.8 Å². The number of carbonyl (C=O) groups is 2. The number of hydrogen-bond acceptors (Lipinski definition) is 3. The van der Waals surface area contributed by atoms with E-state index in [0.29, 0.717) is 12.1 Å². The van der Waals surface area contributed by atoms with Crippen molar-refractivity contribution in [2.24, 2.45) is 17.8 Å². The van der Waals surface area contributed by atoms with Crippen molar-refractivity contribution in [1.29, 1.82) is 0 Å². The summed E-state index contributed by atoms with van der Waals surface area (Å²) in [6.07, 6.45) is 4.74. The largest absolute Gasteiger partial charge is 0.274 e. The first kappa shape index (κ1) is 16.2. The van der Waals surface area contributed by atoms with E-state index in [9.17, 15) is 9.59 Å². The molecule has 4 rings (SSSR count). The van der Waals surface area contributed by atoms with Crippen molar-refractivity contribution in [3.05, 3.63) is 66.7 Å². The summed E-state index contributed by atoms with van der Waals surface area (Å²) in [6, 6.07) is 17.8. The Morgan fingerprint density at radius 1 is 0.920 bits per heavy atom. The zero-order valence-electron chi connectivity index (χ0n) is 14.0. The highest BCUT2D eigenvalue weighted by molar-refractivity contribution is 7.99. The van der Waals surface area contributed by atoms with Crippen molar-refractivity contribution in [2.45, 2.75) is 23.1 Å². The van der Waals surface area contributed by atoms with Crippen molar-refractivity contribution in [3.63, 3.8) is 0 Å². The third-order valence-corrected chi connectivity index (χ3v) is 5.96. The van der Waals surface area contributed by atoms with Gasteiger partial charge in [-0.25, -0.2) is 0 Å². The Kier molecular flexibility index (Phi) is 4.22. The molecule has 4 heteroatoms. The summed E-state index contributed by atoms with van der Waals surface area (Å²) in [7, 11) is 0. The Labute approximate surface area is 151 Å². The SMILES string of the molecule is CC1C=CCC2C(=O)N(c3ccc(Sc4ccccc4)cc3)C(=O)C12. The zero-order chi connectivity index (χ0) is 17.4. The van der Waals surface area contributed by atoms with Gasteiger partial charge in [0, 0.05) is 9.79 Å². The molecule has 3 atom stereocenters. The number of nitrogens with zero attached hydrogens (tertiary/aromatic N) is 1. The smallest absolute Gasteiger partial charge is 0.238 e. The molecule has 1 heterocycles. The Hall–Kier alpha value is -2.33. The number of allylic oxidation sites excluding steroid dienone is 2. The quantitative estimate of drug-likeness (QED) is 0.603. The summed E-state index contributed by atoms with van der Waals surface area (Å²) in [5.74, 6) is -0.417. The molecule has 1 aliphatic carbocycles. The second kappa shape index (κ2) is 6.52. The molecule has 2 amide bonds. The van der Waals surface area contributed by atoms with Crippen molar-refractivity contribution >= 4 is 29.3 Å². The average Bonchev–Trinajstić information content (AvgIpc) is 2.89. The third kappa shape index (κ3) is 2.91.